The van der Waals surface area contributed by atoms with Gasteiger partial charge in [-0.2, -0.15) is 0 Å². The van der Waals surface area contributed by atoms with Crippen LogP contribution >= 0.6 is 11.3 Å². The van der Waals surface area contributed by atoms with Crippen molar-refractivity contribution in [2.24, 2.45) is 0 Å². The molecule has 0 aromatic carbocycles. The van der Waals surface area contributed by atoms with Crippen LogP contribution < -0.4 is 0 Å². The summed E-state index contributed by atoms with van der Waals surface area (Å²) in [6.07, 6.45) is 2.04. The number of hydrogen-bond donors (Lipinski definition) is 0. The zero-order chi connectivity index (χ0) is 10.7. The molecule has 0 unspecified atom stereocenters. The van der Waals surface area contributed by atoms with Gasteiger partial charge in [0.15, 0.2) is 11.6 Å². The van der Waals surface area contributed by atoms with E-state index in [0.29, 0.717) is 23.5 Å². The predicted molar refractivity (Wildman–Crippen MR) is 56.9 cm³/mol. The molecule has 1 aromatic rings. The maximum absolute atomic E-state index is 11.6. The minimum Gasteiger partial charge on any atom is -0.500 e. The third kappa shape index (κ3) is 2.33. The van der Waals surface area contributed by atoms with E-state index in [4.69, 9.17) is 4.74 Å². The fourth-order valence-electron chi connectivity index (χ4n) is 1.38. The maximum Gasteiger partial charge on any atom is 0.180 e. The predicted octanol–water partition coefficient (Wildman–Crippen LogP) is 2.19. The monoisotopic (exact) mass is 222 g/mol. The Kier molecular flexibility index (Phi) is 2.97. The number of Topliss-reactive ketones (excluding diaryl/α,β-unsaturated/α-hetero) is 2. The summed E-state index contributed by atoms with van der Waals surface area (Å²) in [6.45, 7) is 0.550. The Morgan fingerprint density at radius 2 is 2.27 bits per heavy atom. The summed E-state index contributed by atoms with van der Waals surface area (Å²) in [7, 11) is 0. The average Bonchev–Trinajstić information content (AvgIpc) is 2.91. The Labute approximate surface area is 91.4 Å². The molecule has 0 amide bonds. The fraction of sp³-hybridized carbons (Fsp3) is 0.273. The first-order valence-corrected chi connectivity index (χ1v) is 5.56. The van der Waals surface area contributed by atoms with E-state index in [9.17, 15) is 9.59 Å². The van der Waals surface area contributed by atoms with Crippen LogP contribution in [-0.4, -0.2) is 18.2 Å². The van der Waals surface area contributed by atoms with Crippen molar-refractivity contribution in [1.29, 1.82) is 0 Å². The molecule has 78 valence electrons. The third-order valence-corrected chi connectivity index (χ3v) is 3.10. The molecule has 0 spiro atoms. The summed E-state index contributed by atoms with van der Waals surface area (Å²) in [5, 5.41) is 1.83. The van der Waals surface area contributed by atoms with Crippen molar-refractivity contribution < 1.29 is 14.3 Å². The molecule has 0 fully saturated rings. The van der Waals surface area contributed by atoms with E-state index in [1.165, 1.54) is 17.6 Å². The summed E-state index contributed by atoms with van der Waals surface area (Å²) in [5.74, 6) is -0.228. The van der Waals surface area contributed by atoms with E-state index in [1.807, 2.05) is 5.38 Å². The molecule has 15 heavy (non-hydrogen) atoms. The molecule has 1 aliphatic heterocycles. The normalized spacial score (nSPS) is 14.5. The summed E-state index contributed by atoms with van der Waals surface area (Å²) in [4.78, 5) is 23.8. The van der Waals surface area contributed by atoms with Gasteiger partial charge >= 0.3 is 0 Å². The molecular formula is C11H10O3S. The highest BCUT2D eigenvalue weighted by molar-refractivity contribution is 7.12. The van der Waals surface area contributed by atoms with Crippen molar-refractivity contribution in [2.45, 2.75) is 12.8 Å². The van der Waals surface area contributed by atoms with Gasteiger partial charge in [0.25, 0.3) is 0 Å². The van der Waals surface area contributed by atoms with Gasteiger partial charge in [-0.1, -0.05) is 6.07 Å². The zero-order valence-corrected chi connectivity index (χ0v) is 8.88. The van der Waals surface area contributed by atoms with Gasteiger partial charge in [0.05, 0.1) is 24.2 Å². The number of rotatable bonds is 4. The van der Waals surface area contributed by atoms with Gasteiger partial charge in [-0.25, -0.2) is 0 Å². The second kappa shape index (κ2) is 4.40. The number of carbonyl (C=O) groups excluding carboxylic acids is 2. The van der Waals surface area contributed by atoms with Crippen molar-refractivity contribution in [1.82, 2.24) is 0 Å². The third-order valence-electron chi connectivity index (χ3n) is 2.19. The van der Waals surface area contributed by atoms with E-state index in [2.05, 4.69) is 0 Å². The molecular weight excluding hydrogens is 212 g/mol. The van der Waals surface area contributed by atoms with Crippen molar-refractivity contribution in [3.8, 4) is 0 Å². The van der Waals surface area contributed by atoms with Crippen LogP contribution in [0.5, 0.6) is 0 Å². The number of thiophene rings is 1. The Hall–Kier alpha value is -1.42. The van der Waals surface area contributed by atoms with Crippen LogP contribution in [0.1, 0.15) is 22.5 Å². The first-order chi connectivity index (χ1) is 7.27. The quantitative estimate of drug-likeness (QED) is 0.579. The van der Waals surface area contributed by atoms with Crippen molar-refractivity contribution in [3.63, 3.8) is 0 Å². The van der Waals surface area contributed by atoms with Crippen LogP contribution in [0.3, 0.4) is 0 Å². The Morgan fingerprint density at radius 3 is 2.87 bits per heavy atom. The average molecular weight is 222 g/mol. The van der Waals surface area contributed by atoms with E-state index >= 15 is 0 Å². The zero-order valence-electron chi connectivity index (χ0n) is 8.06. The lowest BCUT2D eigenvalue weighted by atomic mass is 10.1. The Balaban J connectivity index is 1.97. The molecule has 4 heteroatoms. The molecule has 3 nitrogen and oxygen atoms in total. The standard InChI is InChI=1S/C11H10O3S/c12-9(8-3-4-14-7-8)6-10(13)11-2-1-5-15-11/h1-2,5,7H,3-4,6H2. The number of ketones is 2. The second-order valence-electron chi connectivity index (χ2n) is 3.26. The Bertz CT molecular complexity index is 403. The lowest BCUT2D eigenvalue weighted by Crippen LogP contribution is -2.08. The summed E-state index contributed by atoms with van der Waals surface area (Å²) in [6, 6.07) is 3.54. The molecule has 0 atom stereocenters. The van der Waals surface area contributed by atoms with Gasteiger partial charge in [-0.3, -0.25) is 9.59 Å². The van der Waals surface area contributed by atoms with Crippen LogP contribution in [0.2, 0.25) is 0 Å². The van der Waals surface area contributed by atoms with Gasteiger partial charge in [-0.05, 0) is 11.4 Å². The van der Waals surface area contributed by atoms with Gasteiger partial charge < -0.3 is 4.74 Å². The number of ether oxygens (including phenoxy) is 1. The molecule has 0 N–H and O–H groups in total. The van der Waals surface area contributed by atoms with Gasteiger partial charge in [0.2, 0.25) is 0 Å². The molecule has 0 saturated carbocycles. The molecule has 0 radical (unpaired) electrons. The van der Waals surface area contributed by atoms with E-state index in [-0.39, 0.29) is 18.0 Å². The van der Waals surface area contributed by atoms with Crippen molar-refractivity contribution >= 4 is 22.9 Å². The van der Waals surface area contributed by atoms with Crippen LogP contribution in [-0.2, 0) is 9.53 Å². The van der Waals surface area contributed by atoms with Crippen molar-refractivity contribution in [2.75, 3.05) is 6.61 Å². The molecule has 1 aromatic heterocycles. The molecule has 2 rings (SSSR count). The van der Waals surface area contributed by atoms with Crippen LogP contribution in [0, 0.1) is 0 Å². The molecule has 0 aliphatic carbocycles. The van der Waals surface area contributed by atoms with Gasteiger partial charge in [-0.15, -0.1) is 11.3 Å². The maximum atomic E-state index is 11.6. The molecule has 0 saturated heterocycles. The van der Waals surface area contributed by atoms with Crippen LogP contribution in [0.25, 0.3) is 0 Å². The first kappa shape index (κ1) is 10.1. The lowest BCUT2D eigenvalue weighted by molar-refractivity contribution is -0.114. The van der Waals surface area contributed by atoms with Gasteiger partial charge in [0, 0.05) is 12.0 Å². The smallest absolute Gasteiger partial charge is 0.180 e. The summed E-state index contributed by atoms with van der Waals surface area (Å²) >= 11 is 1.36. The molecule has 0 bridgehead atoms. The Morgan fingerprint density at radius 1 is 1.40 bits per heavy atom. The number of hydrogen-bond acceptors (Lipinski definition) is 4. The highest BCUT2D eigenvalue weighted by atomic mass is 32.1. The van der Waals surface area contributed by atoms with Crippen LogP contribution in [0.15, 0.2) is 29.3 Å². The highest BCUT2D eigenvalue weighted by Crippen LogP contribution is 2.16. The summed E-state index contributed by atoms with van der Waals surface area (Å²) in [5.41, 5.74) is 0.625. The highest BCUT2D eigenvalue weighted by Gasteiger charge is 2.18. The SMILES string of the molecule is O=C(CC(=O)c1cccs1)C1=COCC1. The molecule has 2 heterocycles. The van der Waals surface area contributed by atoms with Crippen LogP contribution in [0.4, 0.5) is 0 Å². The fourth-order valence-corrected chi connectivity index (χ4v) is 2.04. The van der Waals surface area contributed by atoms with E-state index < -0.39 is 0 Å². The lowest BCUT2D eigenvalue weighted by Gasteiger charge is -1.97. The van der Waals surface area contributed by atoms with Gasteiger partial charge in [0.1, 0.15) is 0 Å². The minimum atomic E-state index is -0.120. The van der Waals surface area contributed by atoms with Crippen molar-refractivity contribution in [3.05, 3.63) is 34.2 Å². The first-order valence-electron chi connectivity index (χ1n) is 4.68. The summed E-state index contributed by atoms with van der Waals surface area (Å²) < 4.78 is 4.96. The van der Waals surface area contributed by atoms with E-state index in [1.54, 1.807) is 12.1 Å². The second-order valence-corrected chi connectivity index (χ2v) is 4.21. The van der Waals surface area contributed by atoms with E-state index in [0.717, 1.165) is 0 Å². The largest absolute Gasteiger partial charge is 0.500 e. The minimum absolute atomic E-state index is 0.0459. The topological polar surface area (TPSA) is 43.4 Å². The molecule has 1 aliphatic rings. The number of carbonyl (C=O) groups is 2.